The molecule has 11 heteroatoms. The van der Waals surface area contributed by atoms with Crippen LogP contribution in [0.1, 0.15) is 44.2 Å². The Balaban J connectivity index is 0.00000400. The molecule has 3 saturated heterocycles. The average Bonchev–Trinajstić information content (AvgIpc) is 3.23. The number of nitrogens with zero attached hydrogens (tertiary/aromatic N) is 4. The summed E-state index contributed by atoms with van der Waals surface area (Å²) < 4.78 is 6.00. The minimum Gasteiger partial charge on any atom is -0.436 e. The zero-order chi connectivity index (χ0) is 30.5. The van der Waals surface area contributed by atoms with Gasteiger partial charge in [0.05, 0.1) is 0 Å². The number of urea groups is 1. The Morgan fingerprint density at radius 3 is 2.20 bits per heavy atom. The van der Waals surface area contributed by atoms with Gasteiger partial charge in [0.1, 0.15) is 0 Å². The van der Waals surface area contributed by atoms with Gasteiger partial charge < -0.3 is 35.8 Å². The first-order valence-corrected chi connectivity index (χ1v) is 16.1. The lowest BCUT2D eigenvalue weighted by Crippen LogP contribution is -2.54. The van der Waals surface area contributed by atoms with E-state index >= 15 is 0 Å². The number of nitrogens with two attached hydrogens (primary N) is 1. The fraction of sp³-hybridized carbons (Fsp3) is 0.559. The maximum absolute atomic E-state index is 13.8. The van der Waals surface area contributed by atoms with Gasteiger partial charge in [-0.15, -0.1) is 0 Å². The SMILES string of the molecule is C.Nc1ccc(C[C@@H](OC(=O)N2CCC(N3CCc4ccccc4NC3=O)CC2)C(=O)N2CCC(N3CCNCC3)CC2)cc1. The van der Waals surface area contributed by atoms with Crippen molar-refractivity contribution in [3.63, 3.8) is 0 Å². The summed E-state index contributed by atoms with van der Waals surface area (Å²) in [5.41, 5.74) is 9.43. The molecule has 4 amide bonds. The Morgan fingerprint density at radius 1 is 0.844 bits per heavy atom. The van der Waals surface area contributed by atoms with Gasteiger partial charge in [-0.25, -0.2) is 9.59 Å². The number of fused-ring (bicyclic) bond motifs is 1. The number of hydrogen-bond acceptors (Lipinski definition) is 7. The van der Waals surface area contributed by atoms with E-state index in [2.05, 4.69) is 21.6 Å². The number of hydrogen-bond donors (Lipinski definition) is 3. The first-order chi connectivity index (χ1) is 21.4. The number of para-hydroxylation sites is 1. The molecular formula is C34H49N7O4. The molecular weight excluding hydrogens is 570 g/mol. The number of likely N-dealkylation sites (tertiary alicyclic amines) is 2. The predicted octanol–water partition coefficient (Wildman–Crippen LogP) is 3.40. The maximum atomic E-state index is 13.8. The van der Waals surface area contributed by atoms with Gasteiger partial charge in [-0.1, -0.05) is 37.8 Å². The molecule has 4 N–H and O–H groups in total. The summed E-state index contributed by atoms with van der Waals surface area (Å²) in [5, 5.41) is 6.46. The van der Waals surface area contributed by atoms with Crippen LogP contribution in [0.4, 0.5) is 21.0 Å². The van der Waals surface area contributed by atoms with Crippen LogP contribution < -0.4 is 16.4 Å². The summed E-state index contributed by atoms with van der Waals surface area (Å²) in [4.78, 5) is 48.3. The van der Waals surface area contributed by atoms with Gasteiger partial charge in [0.15, 0.2) is 6.10 Å². The lowest BCUT2D eigenvalue weighted by molar-refractivity contribution is -0.142. The first kappa shape index (κ1) is 32.6. The Bertz CT molecular complexity index is 1300. The summed E-state index contributed by atoms with van der Waals surface area (Å²) in [7, 11) is 0. The van der Waals surface area contributed by atoms with E-state index in [0.717, 1.165) is 62.3 Å². The van der Waals surface area contributed by atoms with Crippen LogP contribution in [0.2, 0.25) is 0 Å². The van der Waals surface area contributed by atoms with Crippen LogP contribution in [0.15, 0.2) is 48.5 Å². The summed E-state index contributed by atoms with van der Waals surface area (Å²) in [6.07, 6.45) is 2.89. The molecule has 0 spiro atoms. The summed E-state index contributed by atoms with van der Waals surface area (Å²) in [6.45, 7) is 7.02. The number of piperazine rings is 1. The largest absolute Gasteiger partial charge is 0.436 e. The van der Waals surface area contributed by atoms with E-state index in [1.807, 2.05) is 40.1 Å². The molecule has 0 bridgehead atoms. The molecule has 3 fully saturated rings. The number of rotatable bonds is 6. The lowest BCUT2D eigenvalue weighted by atomic mass is 10.0. The summed E-state index contributed by atoms with van der Waals surface area (Å²) >= 11 is 0. The van der Waals surface area contributed by atoms with Crippen molar-refractivity contribution in [2.45, 2.75) is 64.1 Å². The number of amides is 4. The van der Waals surface area contributed by atoms with E-state index in [0.29, 0.717) is 63.7 Å². The van der Waals surface area contributed by atoms with Gasteiger partial charge >= 0.3 is 12.1 Å². The molecule has 0 saturated carbocycles. The fourth-order valence-corrected chi connectivity index (χ4v) is 7.04. The number of anilines is 2. The third-order valence-corrected chi connectivity index (χ3v) is 9.67. The quantitative estimate of drug-likeness (QED) is 0.424. The van der Waals surface area contributed by atoms with E-state index in [9.17, 15) is 14.4 Å². The molecule has 6 rings (SSSR count). The highest BCUT2D eigenvalue weighted by Crippen LogP contribution is 2.26. The van der Waals surface area contributed by atoms with Crippen LogP contribution in [0.3, 0.4) is 0 Å². The van der Waals surface area contributed by atoms with Crippen LogP contribution in [-0.4, -0.2) is 115 Å². The fourth-order valence-electron chi connectivity index (χ4n) is 7.04. The van der Waals surface area contributed by atoms with Crippen molar-refractivity contribution in [1.29, 1.82) is 0 Å². The molecule has 4 aliphatic heterocycles. The molecule has 11 nitrogen and oxygen atoms in total. The Labute approximate surface area is 267 Å². The zero-order valence-electron chi connectivity index (χ0n) is 25.5. The molecule has 1 atom stereocenters. The van der Waals surface area contributed by atoms with Gasteiger partial charge in [0.2, 0.25) is 0 Å². The van der Waals surface area contributed by atoms with Crippen molar-refractivity contribution in [1.82, 2.24) is 24.9 Å². The summed E-state index contributed by atoms with van der Waals surface area (Å²) in [5.74, 6) is -0.135. The molecule has 0 radical (unpaired) electrons. The number of benzene rings is 2. The average molecular weight is 620 g/mol. The van der Waals surface area contributed by atoms with Crippen molar-refractivity contribution in [3.05, 3.63) is 59.7 Å². The van der Waals surface area contributed by atoms with Gasteiger partial charge in [0.25, 0.3) is 5.91 Å². The Hall–Kier alpha value is -3.83. The molecule has 2 aromatic carbocycles. The van der Waals surface area contributed by atoms with E-state index in [1.54, 1.807) is 17.0 Å². The molecule has 4 heterocycles. The van der Waals surface area contributed by atoms with Gasteiger partial charge in [-0.3, -0.25) is 9.69 Å². The van der Waals surface area contributed by atoms with Crippen LogP contribution in [0, 0.1) is 0 Å². The first-order valence-electron chi connectivity index (χ1n) is 16.1. The molecule has 45 heavy (non-hydrogen) atoms. The highest BCUT2D eigenvalue weighted by atomic mass is 16.6. The second-order valence-corrected chi connectivity index (χ2v) is 12.4. The second-order valence-electron chi connectivity index (χ2n) is 12.4. The Kier molecular flexibility index (Phi) is 10.8. The van der Waals surface area contributed by atoms with Crippen molar-refractivity contribution in [3.8, 4) is 0 Å². The lowest BCUT2D eigenvalue weighted by Gasteiger charge is -2.41. The number of piperidine rings is 2. The minimum atomic E-state index is -0.908. The Morgan fingerprint density at radius 2 is 1.49 bits per heavy atom. The van der Waals surface area contributed by atoms with Gasteiger partial charge in [-0.05, 0) is 61.4 Å². The molecule has 0 aromatic heterocycles. The van der Waals surface area contributed by atoms with Crippen LogP contribution in [0.5, 0.6) is 0 Å². The number of nitrogen functional groups attached to an aromatic ring is 1. The van der Waals surface area contributed by atoms with Crippen LogP contribution in [-0.2, 0) is 22.4 Å². The van der Waals surface area contributed by atoms with E-state index in [4.69, 9.17) is 10.5 Å². The zero-order valence-corrected chi connectivity index (χ0v) is 25.5. The maximum Gasteiger partial charge on any atom is 0.410 e. The van der Waals surface area contributed by atoms with E-state index < -0.39 is 12.2 Å². The van der Waals surface area contributed by atoms with Crippen molar-refractivity contribution in [2.75, 3.05) is 70.0 Å². The third-order valence-electron chi connectivity index (χ3n) is 9.67. The van der Waals surface area contributed by atoms with E-state index in [1.165, 1.54) is 0 Å². The van der Waals surface area contributed by atoms with Gasteiger partial charge in [0, 0.05) is 88.8 Å². The van der Waals surface area contributed by atoms with Crippen LogP contribution >= 0.6 is 0 Å². The van der Waals surface area contributed by atoms with Crippen molar-refractivity contribution < 1.29 is 19.1 Å². The minimum absolute atomic E-state index is 0. The summed E-state index contributed by atoms with van der Waals surface area (Å²) in [6, 6.07) is 15.7. The second kappa shape index (κ2) is 15.0. The van der Waals surface area contributed by atoms with E-state index in [-0.39, 0.29) is 25.4 Å². The molecule has 4 aliphatic rings. The highest BCUT2D eigenvalue weighted by molar-refractivity contribution is 5.91. The normalized spacial score (nSPS) is 20.8. The topological polar surface area (TPSA) is 123 Å². The molecule has 0 unspecified atom stereocenters. The molecule has 244 valence electrons. The highest BCUT2D eigenvalue weighted by Gasteiger charge is 2.36. The van der Waals surface area contributed by atoms with Gasteiger partial charge in [-0.2, -0.15) is 0 Å². The third kappa shape index (κ3) is 7.88. The smallest absolute Gasteiger partial charge is 0.410 e. The molecule has 0 aliphatic carbocycles. The van der Waals surface area contributed by atoms with Crippen molar-refractivity contribution in [2.24, 2.45) is 0 Å². The number of carbonyl (C=O) groups excluding carboxylic acids is 3. The number of nitrogens with one attached hydrogen (secondary N) is 2. The predicted molar refractivity (Wildman–Crippen MR) is 176 cm³/mol. The number of ether oxygens (including phenoxy) is 1. The van der Waals surface area contributed by atoms with Crippen LogP contribution in [0.25, 0.3) is 0 Å². The standard InChI is InChI=1S/C33H45N7O4.CH4/c34-26-7-5-24(6-8-26)23-30(31(41)38-16-10-27(11-17-38)37-21-14-35-15-22-37)44-33(43)39-18-12-28(13-19-39)40-20-9-25-3-1-2-4-29(25)36-32(40)42;/h1-8,27-28,30,35H,9-23,34H2,(H,36,42);1H4/t30-;/m1./s1. The van der Waals surface area contributed by atoms with Crippen molar-refractivity contribution >= 4 is 29.4 Å². The number of carbonyl (C=O) groups is 3. The monoisotopic (exact) mass is 619 g/mol. The molecule has 2 aromatic rings.